The summed E-state index contributed by atoms with van der Waals surface area (Å²) in [5.74, 6) is -0.401. The molecule has 2 aliphatic rings. The normalized spacial score (nSPS) is 29.8. The van der Waals surface area contributed by atoms with Gasteiger partial charge in [-0.25, -0.2) is 9.59 Å². The van der Waals surface area contributed by atoms with Gasteiger partial charge in [-0.2, -0.15) is 0 Å². The van der Waals surface area contributed by atoms with Crippen molar-refractivity contribution in [1.82, 2.24) is 9.80 Å². The van der Waals surface area contributed by atoms with E-state index in [-0.39, 0.29) is 16.9 Å². The first kappa shape index (κ1) is 14.5. The Labute approximate surface area is 118 Å². The lowest BCUT2D eigenvalue weighted by molar-refractivity contribution is -0.141. The van der Waals surface area contributed by atoms with Gasteiger partial charge in [0.25, 0.3) is 0 Å². The summed E-state index contributed by atoms with van der Waals surface area (Å²) in [6.07, 6.45) is 2.76. The Morgan fingerprint density at radius 2 is 2.11 bits per heavy atom. The number of amides is 2. The molecule has 0 aromatic heterocycles. The first-order chi connectivity index (χ1) is 8.88. The van der Waals surface area contributed by atoms with Gasteiger partial charge in [0.05, 0.1) is 5.37 Å². The summed E-state index contributed by atoms with van der Waals surface area (Å²) < 4.78 is 0. The third kappa shape index (κ3) is 2.55. The van der Waals surface area contributed by atoms with Crippen molar-refractivity contribution in [2.45, 2.75) is 57.0 Å². The highest BCUT2D eigenvalue weighted by molar-refractivity contribution is 8.00. The van der Waals surface area contributed by atoms with Crippen molar-refractivity contribution < 1.29 is 14.7 Å². The highest BCUT2D eigenvalue weighted by Gasteiger charge is 2.46. The second-order valence-corrected chi connectivity index (χ2v) is 7.02. The van der Waals surface area contributed by atoms with Crippen molar-refractivity contribution in [3.63, 3.8) is 0 Å². The van der Waals surface area contributed by atoms with Gasteiger partial charge in [0, 0.05) is 17.8 Å². The molecule has 19 heavy (non-hydrogen) atoms. The van der Waals surface area contributed by atoms with Crippen LogP contribution in [-0.2, 0) is 4.79 Å². The van der Waals surface area contributed by atoms with Crippen LogP contribution in [0.4, 0.5) is 4.79 Å². The SMILES string of the molecule is CCC1SCC(C(=O)O)N1C(=O)N1CCCC1(C)C. The molecular formula is C13H22N2O3S. The molecule has 5 nitrogen and oxygen atoms in total. The number of nitrogens with zero attached hydrogens (tertiary/aromatic N) is 2. The summed E-state index contributed by atoms with van der Waals surface area (Å²) in [5.41, 5.74) is -0.161. The van der Waals surface area contributed by atoms with Crippen LogP contribution >= 0.6 is 11.8 Å². The zero-order valence-corrected chi connectivity index (χ0v) is 12.6. The van der Waals surface area contributed by atoms with Crippen LogP contribution in [0, 0.1) is 0 Å². The molecule has 0 aliphatic carbocycles. The van der Waals surface area contributed by atoms with E-state index in [2.05, 4.69) is 13.8 Å². The molecule has 2 rings (SSSR count). The molecule has 2 amide bonds. The maximum atomic E-state index is 12.7. The Hall–Kier alpha value is -0.910. The third-order valence-corrected chi connectivity index (χ3v) is 5.53. The Bertz CT molecular complexity index is 386. The van der Waals surface area contributed by atoms with E-state index < -0.39 is 12.0 Å². The topological polar surface area (TPSA) is 60.9 Å². The zero-order chi connectivity index (χ0) is 14.2. The van der Waals surface area contributed by atoms with Crippen molar-refractivity contribution in [2.75, 3.05) is 12.3 Å². The highest BCUT2D eigenvalue weighted by atomic mass is 32.2. The lowest BCUT2D eigenvalue weighted by Crippen LogP contribution is -2.55. The van der Waals surface area contributed by atoms with Gasteiger partial charge < -0.3 is 10.0 Å². The van der Waals surface area contributed by atoms with Gasteiger partial charge in [0.1, 0.15) is 6.04 Å². The number of thioether (sulfide) groups is 1. The van der Waals surface area contributed by atoms with Crippen LogP contribution in [0.2, 0.25) is 0 Å². The number of likely N-dealkylation sites (tertiary alicyclic amines) is 1. The monoisotopic (exact) mass is 286 g/mol. The molecule has 2 fully saturated rings. The first-order valence-corrected chi connectivity index (χ1v) is 7.87. The number of carbonyl (C=O) groups is 2. The number of hydrogen-bond donors (Lipinski definition) is 1. The minimum Gasteiger partial charge on any atom is -0.480 e. The summed E-state index contributed by atoms with van der Waals surface area (Å²) >= 11 is 1.57. The fourth-order valence-corrected chi connectivity index (χ4v) is 4.27. The average molecular weight is 286 g/mol. The van der Waals surface area contributed by atoms with Gasteiger partial charge in [-0.1, -0.05) is 6.92 Å². The van der Waals surface area contributed by atoms with Crippen molar-refractivity contribution in [3.8, 4) is 0 Å². The van der Waals surface area contributed by atoms with Gasteiger partial charge in [-0.3, -0.25) is 4.90 Å². The van der Waals surface area contributed by atoms with Crippen molar-refractivity contribution in [3.05, 3.63) is 0 Å². The van der Waals surface area contributed by atoms with E-state index in [0.717, 1.165) is 25.8 Å². The smallest absolute Gasteiger partial charge is 0.327 e. The Morgan fingerprint density at radius 1 is 1.42 bits per heavy atom. The second-order valence-electron chi connectivity index (χ2n) is 5.81. The molecule has 108 valence electrons. The number of carboxylic acids is 1. The quantitative estimate of drug-likeness (QED) is 0.845. The molecular weight excluding hydrogens is 264 g/mol. The van der Waals surface area contributed by atoms with Crippen molar-refractivity contribution >= 4 is 23.8 Å². The average Bonchev–Trinajstić information content (AvgIpc) is 2.90. The Balaban J connectivity index is 2.21. The number of carbonyl (C=O) groups excluding carboxylic acids is 1. The Kier molecular flexibility index (Phi) is 3.99. The van der Waals surface area contributed by atoms with Crippen LogP contribution in [0.1, 0.15) is 40.0 Å². The molecule has 2 atom stereocenters. The van der Waals surface area contributed by atoms with Gasteiger partial charge in [0.2, 0.25) is 0 Å². The standard InChI is InChI=1S/C13H22N2O3S/c1-4-10-15(9(8-19-10)11(16)17)12(18)14-7-5-6-13(14,2)3/h9-10H,4-8H2,1-3H3,(H,16,17). The van der Waals surface area contributed by atoms with Gasteiger partial charge in [0.15, 0.2) is 0 Å². The van der Waals surface area contributed by atoms with Crippen LogP contribution in [0.3, 0.4) is 0 Å². The number of aliphatic carboxylic acids is 1. The molecule has 2 aliphatic heterocycles. The summed E-state index contributed by atoms with van der Waals surface area (Å²) in [6.45, 7) is 6.84. The second kappa shape index (κ2) is 5.23. The lowest BCUT2D eigenvalue weighted by atomic mass is 10.0. The zero-order valence-electron chi connectivity index (χ0n) is 11.8. The maximum absolute atomic E-state index is 12.7. The van der Waals surface area contributed by atoms with Gasteiger partial charge in [-0.05, 0) is 33.1 Å². The summed E-state index contributed by atoms with van der Waals surface area (Å²) in [7, 11) is 0. The van der Waals surface area contributed by atoms with E-state index in [1.165, 1.54) is 0 Å². The highest BCUT2D eigenvalue weighted by Crippen LogP contribution is 2.36. The molecule has 0 radical (unpaired) electrons. The van der Waals surface area contributed by atoms with Crippen molar-refractivity contribution in [1.29, 1.82) is 0 Å². The van der Waals surface area contributed by atoms with Crippen LogP contribution in [-0.4, -0.2) is 56.2 Å². The summed E-state index contributed by atoms with van der Waals surface area (Å²) in [5, 5.41) is 9.28. The molecule has 0 bridgehead atoms. The maximum Gasteiger partial charge on any atom is 0.327 e. The fraction of sp³-hybridized carbons (Fsp3) is 0.846. The van der Waals surface area contributed by atoms with E-state index in [1.807, 2.05) is 11.8 Å². The minimum atomic E-state index is -0.895. The van der Waals surface area contributed by atoms with E-state index in [0.29, 0.717) is 5.75 Å². The molecule has 0 spiro atoms. The number of rotatable bonds is 2. The molecule has 0 saturated carbocycles. The molecule has 6 heteroatoms. The molecule has 1 N–H and O–H groups in total. The summed E-state index contributed by atoms with van der Waals surface area (Å²) in [6, 6.07) is -0.786. The van der Waals surface area contributed by atoms with E-state index in [9.17, 15) is 14.7 Å². The Morgan fingerprint density at radius 3 is 2.58 bits per heavy atom. The number of hydrogen-bond acceptors (Lipinski definition) is 3. The third-order valence-electron chi connectivity index (χ3n) is 4.08. The van der Waals surface area contributed by atoms with Crippen LogP contribution < -0.4 is 0 Å². The predicted octanol–water partition coefficient (Wildman–Crippen LogP) is 2.22. The minimum absolute atomic E-state index is 0.00926. The van der Waals surface area contributed by atoms with Crippen LogP contribution in [0.25, 0.3) is 0 Å². The number of carboxylic acid groups (broad SMARTS) is 1. The van der Waals surface area contributed by atoms with E-state index >= 15 is 0 Å². The van der Waals surface area contributed by atoms with Crippen LogP contribution in [0.15, 0.2) is 0 Å². The van der Waals surface area contributed by atoms with Gasteiger partial charge >= 0.3 is 12.0 Å². The summed E-state index contributed by atoms with van der Waals surface area (Å²) in [4.78, 5) is 27.5. The lowest BCUT2D eigenvalue weighted by Gasteiger charge is -2.37. The predicted molar refractivity (Wildman–Crippen MR) is 75.2 cm³/mol. The molecule has 0 aromatic rings. The van der Waals surface area contributed by atoms with E-state index in [4.69, 9.17) is 0 Å². The van der Waals surface area contributed by atoms with Crippen molar-refractivity contribution in [2.24, 2.45) is 0 Å². The first-order valence-electron chi connectivity index (χ1n) is 6.83. The molecule has 0 aromatic carbocycles. The van der Waals surface area contributed by atoms with Crippen LogP contribution in [0.5, 0.6) is 0 Å². The fourth-order valence-electron chi connectivity index (χ4n) is 2.93. The molecule has 2 saturated heterocycles. The van der Waals surface area contributed by atoms with Gasteiger partial charge in [-0.15, -0.1) is 11.8 Å². The van der Waals surface area contributed by atoms with E-state index in [1.54, 1.807) is 16.7 Å². The molecule has 2 heterocycles. The number of urea groups is 1. The molecule has 2 unspecified atom stereocenters. The largest absolute Gasteiger partial charge is 0.480 e.